The molecule has 1 atom stereocenters. The summed E-state index contributed by atoms with van der Waals surface area (Å²) in [4.78, 5) is 24.1. The summed E-state index contributed by atoms with van der Waals surface area (Å²) in [5.74, 6) is -0.168. The second kappa shape index (κ2) is 9.44. The number of carbonyl (C=O) groups is 2. The van der Waals surface area contributed by atoms with Gasteiger partial charge in [-0.3, -0.25) is 9.59 Å². The van der Waals surface area contributed by atoms with Crippen LogP contribution in [0.3, 0.4) is 0 Å². The van der Waals surface area contributed by atoms with Gasteiger partial charge in [-0.15, -0.1) is 0 Å². The van der Waals surface area contributed by atoms with Crippen LogP contribution in [0.5, 0.6) is 0 Å². The third kappa shape index (κ3) is 6.40. The molecule has 0 aliphatic heterocycles. The fourth-order valence-corrected chi connectivity index (χ4v) is 2.70. The van der Waals surface area contributed by atoms with E-state index in [1.807, 2.05) is 19.1 Å². The lowest BCUT2D eigenvalue weighted by atomic mass is 10.0. The van der Waals surface area contributed by atoms with E-state index in [0.717, 1.165) is 0 Å². The van der Waals surface area contributed by atoms with Gasteiger partial charge in [0.1, 0.15) is 0 Å². The van der Waals surface area contributed by atoms with Gasteiger partial charge in [0.25, 0.3) is 0 Å². The maximum atomic E-state index is 12.1. The number of benzene rings is 2. The first-order chi connectivity index (χ1) is 12.0. The molecule has 2 amide bonds. The molecule has 6 heteroatoms. The van der Waals surface area contributed by atoms with Crippen LogP contribution in [0.1, 0.15) is 26.2 Å². The molecule has 2 N–H and O–H groups in total. The number of para-hydroxylation sites is 2. The molecule has 1 unspecified atom stereocenters. The first-order valence-corrected chi connectivity index (χ1v) is 8.80. The molecule has 0 heterocycles. The van der Waals surface area contributed by atoms with Gasteiger partial charge in [-0.05, 0) is 36.6 Å². The number of rotatable bonds is 7. The molecule has 0 saturated heterocycles. The Morgan fingerprint density at radius 1 is 0.880 bits per heavy atom. The van der Waals surface area contributed by atoms with Gasteiger partial charge in [0.15, 0.2) is 0 Å². The highest BCUT2D eigenvalue weighted by Gasteiger charge is 2.13. The zero-order valence-electron chi connectivity index (χ0n) is 13.9. The topological polar surface area (TPSA) is 58.2 Å². The minimum Gasteiger partial charge on any atom is -0.325 e. The zero-order valence-corrected chi connectivity index (χ0v) is 15.4. The summed E-state index contributed by atoms with van der Waals surface area (Å²) < 4.78 is 0. The Bertz CT molecular complexity index is 750. The van der Waals surface area contributed by atoms with Gasteiger partial charge in [-0.25, -0.2) is 0 Å². The molecular formula is C19H20Cl2N2O2. The van der Waals surface area contributed by atoms with Gasteiger partial charge in [0.2, 0.25) is 11.8 Å². The minimum atomic E-state index is -0.119. The predicted octanol–water partition coefficient (Wildman–Crippen LogP) is 5.38. The quantitative estimate of drug-likeness (QED) is 0.679. The van der Waals surface area contributed by atoms with Crippen molar-refractivity contribution in [3.8, 4) is 0 Å². The van der Waals surface area contributed by atoms with Crippen LogP contribution in [0.4, 0.5) is 11.4 Å². The normalized spacial score (nSPS) is 11.6. The molecular weight excluding hydrogens is 359 g/mol. The SMILES string of the molecule is CC(CCC(=O)Nc1ccccc1Cl)CC(=O)Nc1ccccc1Cl. The molecule has 2 rings (SSSR count). The summed E-state index contributed by atoms with van der Waals surface area (Å²) in [5.41, 5.74) is 1.19. The number of amides is 2. The Hall–Kier alpha value is -2.04. The molecule has 0 fully saturated rings. The van der Waals surface area contributed by atoms with E-state index in [-0.39, 0.29) is 17.7 Å². The largest absolute Gasteiger partial charge is 0.325 e. The molecule has 4 nitrogen and oxygen atoms in total. The lowest BCUT2D eigenvalue weighted by molar-refractivity contribution is -0.118. The fraction of sp³-hybridized carbons (Fsp3) is 0.263. The van der Waals surface area contributed by atoms with Crippen LogP contribution in [0.25, 0.3) is 0 Å². The van der Waals surface area contributed by atoms with Crippen molar-refractivity contribution in [3.05, 3.63) is 58.6 Å². The highest BCUT2D eigenvalue weighted by molar-refractivity contribution is 6.34. The van der Waals surface area contributed by atoms with Gasteiger partial charge < -0.3 is 10.6 Å². The Balaban J connectivity index is 1.75. The minimum absolute atomic E-state index is 0.0690. The molecule has 0 radical (unpaired) electrons. The second-order valence-electron chi connectivity index (χ2n) is 5.90. The van der Waals surface area contributed by atoms with E-state index in [1.54, 1.807) is 36.4 Å². The van der Waals surface area contributed by atoms with Crippen LogP contribution in [0.2, 0.25) is 10.0 Å². The van der Waals surface area contributed by atoms with Gasteiger partial charge in [0.05, 0.1) is 21.4 Å². The van der Waals surface area contributed by atoms with Crippen molar-refractivity contribution in [1.29, 1.82) is 0 Å². The van der Waals surface area contributed by atoms with E-state index in [9.17, 15) is 9.59 Å². The molecule has 0 aliphatic rings. The maximum absolute atomic E-state index is 12.1. The average molecular weight is 379 g/mol. The van der Waals surface area contributed by atoms with Crippen LogP contribution in [0.15, 0.2) is 48.5 Å². The maximum Gasteiger partial charge on any atom is 0.224 e. The van der Waals surface area contributed by atoms with Gasteiger partial charge >= 0.3 is 0 Å². The highest BCUT2D eigenvalue weighted by Crippen LogP contribution is 2.23. The first-order valence-electron chi connectivity index (χ1n) is 8.04. The Kier molecular flexibility index (Phi) is 7.29. The third-order valence-corrected chi connectivity index (χ3v) is 4.35. The Morgan fingerprint density at radius 2 is 1.36 bits per heavy atom. The number of nitrogens with one attached hydrogen (secondary N) is 2. The molecule has 0 aliphatic carbocycles. The van der Waals surface area contributed by atoms with Crippen LogP contribution in [-0.2, 0) is 9.59 Å². The second-order valence-corrected chi connectivity index (χ2v) is 6.72. The molecule has 25 heavy (non-hydrogen) atoms. The highest BCUT2D eigenvalue weighted by atomic mass is 35.5. The van der Waals surface area contributed by atoms with Crippen molar-refractivity contribution < 1.29 is 9.59 Å². The summed E-state index contributed by atoms with van der Waals surface area (Å²) in [6.45, 7) is 1.94. The predicted molar refractivity (Wildman–Crippen MR) is 103 cm³/mol. The Labute approximate surface area is 157 Å². The van der Waals surface area contributed by atoms with Crippen molar-refractivity contribution in [3.63, 3.8) is 0 Å². The molecule has 0 saturated carbocycles. The van der Waals surface area contributed by atoms with Crippen molar-refractivity contribution in [2.24, 2.45) is 5.92 Å². The summed E-state index contributed by atoms with van der Waals surface area (Å²) in [7, 11) is 0. The van der Waals surface area contributed by atoms with E-state index < -0.39 is 0 Å². The van der Waals surface area contributed by atoms with Crippen molar-refractivity contribution in [1.82, 2.24) is 0 Å². The van der Waals surface area contributed by atoms with E-state index >= 15 is 0 Å². The number of hydrogen-bond acceptors (Lipinski definition) is 2. The summed E-state index contributed by atoms with van der Waals surface area (Å²) in [6.07, 6.45) is 1.25. The molecule has 0 bridgehead atoms. The van der Waals surface area contributed by atoms with Crippen LogP contribution in [-0.4, -0.2) is 11.8 Å². The molecule has 2 aromatic carbocycles. The smallest absolute Gasteiger partial charge is 0.224 e. The van der Waals surface area contributed by atoms with Crippen molar-refractivity contribution in [2.45, 2.75) is 26.2 Å². The first kappa shape index (κ1) is 19.3. The summed E-state index contributed by atoms with van der Waals surface area (Å²) >= 11 is 12.0. The van der Waals surface area contributed by atoms with Gasteiger partial charge in [-0.2, -0.15) is 0 Å². The third-order valence-electron chi connectivity index (χ3n) is 3.69. The molecule has 0 spiro atoms. The number of hydrogen-bond donors (Lipinski definition) is 2. The van der Waals surface area contributed by atoms with Crippen molar-refractivity contribution >= 4 is 46.4 Å². The molecule has 2 aromatic rings. The summed E-state index contributed by atoms with van der Waals surface area (Å²) in [5, 5.41) is 6.57. The lowest BCUT2D eigenvalue weighted by Crippen LogP contribution is -2.17. The zero-order chi connectivity index (χ0) is 18.2. The van der Waals surface area contributed by atoms with Crippen LogP contribution >= 0.6 is 23.2 Å². The number of anilines is 2. The fourth-order valence-electron chi connectivity index (χ4n) is 2.34. The standard InChI is InChI=1S/C19H20Cl2N2O2/c1-13(12-19(25)23-17-9-5-3-7-15(17)21)10-11-18(24)22-16-8-4-2-6-14(16)20/h2-9,13H,10-12H2,1H3,(H,22,24)(H,23,25). The Morgan fingerprint density at radius 3 is 1.88 bits per heavy atom. The molecule has 0 aromatic heterocycles. The lowest BCUT2D eigenvalue weighted by Gasteiger charge is -2.12. The average Bonchev–Trinajstić information content (AvgIpc) is 2.57. The van der Waals surface area contributed by atoms with Gasteiger partial charge in [0, 0.05) is 12.8 Å². The van der Waals surface area contributed by atoms with E-state index in [4.69, 9.17) is 23.2 Å². The van der Waals surface area contributed by atoms with E-state index in [0.29, 0.717) is 40.7 Å². The van der Waals surface area contributed by atoms with Crippen LogP contribution < -0.4 is 10.6 Å². The van der Waals surface area contributed by atoms with Crippen molar-refractivity contribution in [2.75, 3.05) is 10.6 Å². The van der Waals surface area contributed by atoms with Gasteiger partial charge in [-0.1, -0.05) is 54.4 Å². The van der Waals surface area contributed by atoms with E-state index in [1.165, 1.54) is 0 Å². The summed E-state index contributed by atoms with van der Waals surface area (Å²) in [6, 6.07) is 14.2. The monoisotopic (exact) mass is 378 g/mol. The number of halogens is 2. The van der Waals surface area contributed by atoms with E-state index in [2.05, 4.69) is 10.6 Å². The van der Waals surface area contributed by atoms with Crippen LogP contribution in [0, 0.1) is 5.92 Å². The number of carbonyl (C=O) groups excluding carboxylic acids is 2. The molecule has 132 valence electrons.